The van der Waals surface area contributed by atoms with Crippen molar-refractivity contribution in [1.29, 1.82) is 5.26 Å². The number of carbonyl (C=O) groups is 1. The van der Waals surface area contributed by atoms with E-state index in [0.29, 0.717) is 0 Å². The number of nitrogens with one attached hydrogen (secondary N) is 1. The summed E-state index contributed by atoms with van der Waals surface area (Å²) in [6.07, 6.45) is 0. The highest BCUT2D eigenvalue weighted by molar-refractivity contribution is 6.45. The summed E-state index contributed by atoms with van der Waals surface area (Å²) < 4.78 is 0. The third kappa shape index (κ3) is 2.92. The first-order chi connectivity index (χ1) is 7.15. The molecular weight excluding hydrogens is 190 g/mol. The van der Waals surface area contributed by atoms with Crippen molar-refractivity contribution in [2.45, 2.75) is 13.8 Å². The zero-order valence-corrected chi connectivity index (χ0v) is 8.61. The molecule has 4 heteroatoms. The normalized spacial score (nSPS) is 10.6. The Morgan fingerprint density at radius 3 is 2.67 bits per heavy atom. The average molecular weight is 201 g/mol. The van der Waals surface area contributed by atoms with Crippen molar-refractivity contribution in [3.63, 3.8) is 0 Å². The Kier molecular flexibility index (Phi) is 3.58. The average Bonchev–Trinajstić information content (AvgIpc) is 2.21. The maximum absolute atomic E-state index is 10.9. The standard InChI is InChI=1S/C11H11N3O/c1-8-5-3-4-6-10(8)13-14-11(7-12)9(2)15/h3-6,13H,1-2H3. The van der Waals surface area contributed by atoms with Crippen molar-refractivity contribution in [2.24, 2.45) is 5.10 Å². The smallest absolute Gasteiger partial charge is 0.203 e. The van der Waals surface area contributed by atoms with Gasteiger partial charge in [-0.15, -0.1) is 0 Å². The number of nitrogens with zero attached hydrogens (tertiary/aromatic N) is 2. The lowest BCUT2D eigenvalue weighted by atomic mass is 10.2. The molecule has 15 heavy (non-hydrogen) atoms. The summed E-state index contributed by atoms with van der Waals surface area (Å²) >= 11 is 0. The molecule has 0 radical (unpaired) electrons. The van der Waals surface area contributed by atoms with Crippen LogP contribution < -0.4 is 5.43 Å². The number of anilines is 1. The van der Waals surface area contributed by atoms with E-state index in [0.717, 1.165) is 11.3 Å². The van der Waals surface area contributed by atoms with Gasteiger partial charge in [-0.2, -0.15) is 10.4 Å². The lowest BCUT2D eigenvalue weighted by Gasteiger charge is -2.03. The van der Waals surface area contributed by atoms with Crippen molar-refractivity contribution >= 4 is 17.2 Å². The molecule has 0 heterocycles. The Bertz CT molecular complexity index is 443. The first kappa shape index (κ1) is 10.9. The Morgan fingerprint density at radius 2 is 2.13 bits per heavy atom. The van der Waals surface area contributed by atoms with Gasteiger partial charge in [0.05, 0.1) is 5.69 Å². The molecule has 0 unspecified atom stereocenters. The highest BCUT2D eigenvalue weighted by atomic mass is 16.1. The summed E-state index contributed by atoms with van der Waals surface area (Å²) in [5.74, 6) is -0.349. The van der Waals surface area contributed by atoms with Crippen molar-refractivity contribution in [1.82, 2.24) is 0 Å². The molecule has 1 aromatic carbocycles. The summed E-state index contributed by atoms with van der Waals surface area (Å²) in [5.41, 5.74) is 4.35. The minimum Gasteiger partial charge on any atom is -0.292 e. The van der Waals surface area contributed by atoms with E-state index in [1.54, 1.807) is 6.07 Å². The molecule has 0 saturated carbocycles. The van der Waals surface area contributed by atoms with Crippen LogP contribution in [-0.2, 0) is 4.79 Å². The predicted octanol–water partition coefficient (Wildman–Crippen LogP) is 1.88. The van der Waals surface area contributed by atoms with E-state index in [1.807, 2.05) is 31.2 Å². The number of nitriles is 1. The molecular formula is C11H11N3O. The van der Waals surface area contributed by atoms with Crippen LogP contribution in [-0.4, -0.2) is 11.5 Å². The number of hydrazone groups is 1. The molecule has 1 aromatic rings. The van der Waals surface area contributed by atoms with E-state index in [1.165, 1.54) is 6.92 Å². The Morgan fingerprint density at radius 1 is 1.47 bits per heavy atom. The van der Waals surface area contributed by atoms with Gasteiger partial charge >= 0.3 is 0 Å². The molecule has 0 atom stereocenters. The van der Waals surface area contributed by atoms with Gasteiger partial charge in [-0.1, -0.05) is 18.2 Å². The van der Waals surface area contributed by atoms with Gasteiger partial charge < -0.3 is 0 Å². The second-order valence-electron chi connectivity index (χ2n) is 3.06. The van der Waals surface area contributed by atoms with Gasteiger partial charge in [-0.05, 0) is 18.6 Å². The Labute approximate surface area is 88.2 Å². The van der Waals surface area contributed by atoms with Crippen LogP contribution in [0.5, 0.6) is 0 Å². The van der Waals surface area contributed by atoms with Crippen LogP contribution >= 0.6 is 0 Å². The summed E-state index contributed by atoms with van der Waals surface area (Å²) in [4.78, 5) is 10.9. The molecule has 0 saturated heterocycles. The van der Waals surface area contributed by atoms with E-state index < -0.39 is 0 Å². The van der Waals surface area contributed by atoms with Crippen LogP contribution in [0, 0.1) is 18.3 Å². The predicted molar refractivity (Wildman–Crippen MR) is 58.5 cm³/mol. The van der Waals surface area contributed by atoms with E-state index in [9.17, 15) is 4.79 Å². The van der Waals surface area contributed by atoms with Crippen molar-refractivity contribution < 1.29 is 4.79 Å². The van der Waals surface area contributed by atoms with Gasteiger partial charge in [0.15, 0.2) is 5.78 Å². The van der Waals surface area contributed by atoms with Gasteiger partial charge in [0.2, 0.25) is 5.71 Å². The first-order valence-corrected chi connectivity index (χ1v) is 4.45. The number of hydrogen-bond donors (Lipinski definition) is 1. The Hall–Kier alpha value is -2.15. The quantitative estimate of drug-likeness (QED) is 0.599. The molecule has 0 fully saturated rings. The van der Waals surface area contributed by atoms with Crippen LogP contribution in [0.1, 0.15) is 12.5 Å². The molecule has 1 N–H and O–H groups in total. The van der Waals surface area contributed by atoms with Crippen LogP contribution in [0.3, 0.4) is 0 Å². The Balaban J connectivity index is 2.85. The number of aryl methyl sites for hydroxylation is 1. The second-order valence-corrected chi connectivity index (χ2v) is 3.06. The molecule has 0 amide bonds. The largest absolute Gasteiger partial charge is 0.292 e. The molecule has 0 aliphatic rings. The van der Waals surface area contributed by atoms with Gasteiger partial charge in [0, 0.05) is 6.92 Å². The number of benzene rings is 1. The zero-order valence-electron chi connectivity index (χ0n) is 8.61. The summed E-state index contributed by atoms with van der Waals surface area (Å²) in [5, 5.41) is 12.3. The number of Topliss-reactive ketones (excluding diaryl/α,β-unsaturated/α-hetero) is 1. The van der Waals surface area contributed by atoms with Crippen LogP contribution in [0.2, 0.25) is 0 Å². The van der Waals surface area contributed by atoms with Crippen molar-refractivity contribution in [3.8, 4) is 6.07 Å². The first-order valence-electron chi connectivity index (χ1n) is 4.45. The summed E-state index contributed by atoms with van der Waals surface area (Å²) in [6, 6.07) is 9.23. The number of hydrogen-bond acceptors (Lipinski definition) is 4. The molecule has 0 aromatic heterocycles. The summed E-state index contributed by atoms with van der Waals surface area (Å²) in [7, 11) is 0. The van der Waals surface area contributed by atoms with Crippen molar-refractivity contribution in [3.05, 3.63) is 29.8 Å². The topological polar surface area (TPSA) is 65.2 Å². The molecule has 76 valence electrons. The maximum Gasteiger partial charge on any atom is 0.203 e. The van der Waals surface area contributed by atoms with Gasteiger partial charge in [-0.3, -0.25) is 10.2 Å². The highest BCUT2D eigenvalue weighted by Crippen LogP contribution is 2.12. The van der Waals surface area contributed by atoms with Crippen LogP contribution in [0.25, 0.3) is 0 Å². The molecule has 4 nitrogen and oxygen atoms in total. The monoisotopic (exact) mass is 201 g/mol. The SMILES string of the molecule is CC(=O)C(C#N)=NNc1ccccc1C. The fourth-order valence-electron chi connectivity index (χ4n) is 0.997. The molecule has 0 spiro atoms. The third-order valence-electron chi connectivity index (χ3n) is 1.87. The van der Waals surface area contributed by atoms with E-state index in [-0.39, 0.29) is 11.5 Å². The number of carbonyl (C=O) groups excluding carboxylic acids is 1. The molecule has 0 bridgehead atoms. The molecule has 0 aliphatic carbocycles. The second kappa shape index (κ2) is 4.91. The fraction of sp³-hybridized carbons (Fsp3) is 0.182. The van der Waals surface area contributed by atoms with Crippen LogP contribution in [0.4, 0.5) is 5.69 Å². The van der Waals surface area contributed by atoms with Gasteiger partial charge in [0.25, 0.3) is 0 Å². The number of rotatable bonds is 3. The fourth-order valence-corrected chi connectivity index (χ4v) is 0.997. The number of para-hydroxylation sites is 1. The molecule has 0 aliphatic heterocycles. The minimum atomic E-state index is -0.349. The zero-order chi connectivity index (χ0) is 11.3. The summed E-state index contributed by atoms with van der Waals surface area (Å²) in [6.45, 7) is 3.22. The highest BCUT2D eigenvalue weighted by Gasteiger charge is 2.03. The van der Waals surface area contributed by atoms with Crippen LogP contribution in [0.15, 0.2) is 29.4 Å². The number of ketones is 1. The minimum absolute atomic E-state index is 0.127. The maximum atomic E-state index is 10.9. The lowest BCUT2D eigenvalue weighted by Crippen LogP contribution is -2.09. The van der Waals surface area contributed by atoms with Gasteiger partial charge in [0.1, 0.15) is 6.07 Å². The lowest BCUT2D eigenvalue weighted by molar-refractivity contribution is -0.110. The van der Waals surface area contributed by atoms with E-state index in [2.05, 4.69) is 10.5 Å². The van der Waals surface area contributed by atoms with E-state index in [4.69, 9.17) is 5.26 Å². The van der Waals surface area contributed by atoms with Crippen molar-refractivity contribution in [2.75, 3.05) is 5.43 Å². The molecule has 1 rings (SSSR count). The third-order valence-corrected chi connectivity index (χ3v) is 1.87. The van der Waals surface area contributed by atoms with Gasteiger partial charge in [-0.25, -0.2) is 0 Å². The van der Waals surface area contributed by atoms with E-state index >= 15 is 0 Å².